The van der Waals surface area contributed by atoms with E-state index in [0.29, 0.717) is 11.8 Å². The highest BCUT2D eigenvalue weighted by atomic mass is 16.5. The molecule has 3 rings (SSSR count). The molecule has 2 atom stereocenters. The molecule has 0 aromatic heterocycles. The Labute approximate surface area is 121 Å². The third-order valence-electron chi connectivity index (χ3n) is 4.61. The highest BCUT2D eigenvalue weighted by Crippen LogP contribution is 2.46. The second kappa shape index (κ2) is 6.04. The number of piperidine rings is 1. The minimum atomic E-state index is 0.589. The van der Waals surface area contributed by atoms with Crippen LogP contribution in [0.4, 0.5) is 0 Å². The van der Waals surface area contributed by atoms with Gasteiger partial charge in [0.05, 0.1) is 13.7 Å². The van der Waals surface area contributed by atoms with Crippen molar-refractivity contribution in [1.29, 1.82) is 0 Å². The molecule has 109 valence electrons. The van der Waals surface area contributed by atoms with E-state index in [1.165, 1.54) is 31.5 Å². The van der Waals surface area contributed by atoms with Gasteiger partial charge in [0.15, 0.2) is 0 Å². The minimum absolute atomic E-state index is 0.589. The molecule has 3 nitrogen and oxygen atoms in total. The number of fused-ring (bicyclic) bond motifs is 3. The van der Waals surface area contributed by atoms with Gasteiger partial charge in [-0.05, 0) is 44.0 Å². The summed E-state index contributed by atoms with van der Waals surface area (Å²) in [6, 6.07) is 6.14. The molecule has 0 spiro atoms. The summed E-state index contributed by atoms with van der Waals surface area (Å²) in [4.78, 5) is 2.57. The normalized spacial score (nSPS) is 25.5. The monoisotopic (exact) mass is 274 g/mol. The predicted molar refractivity (Wildman–Crippen MR) is 80.4 cm³/mol. The highest BCUT2D eigenvalue weighted by molar-refractivity contribution is 5.49. The number of likely N-dealkylation sites (tertiary alicyclic amines) is 1. The molecule has 1 aromatic carbocycles. The number of benzene rings is 1. The molecule has 0 unspecified atom stereocenters. The zero-order chi connectivity index (χ0) is 13.9. The molecule has 0 saturated carbocycles. The van der Waals surface area contributed by atoms with Gasteiger partial charge in [-0.3, -0.25) is 0 Å². The first-order valence-corrected chi connectivity index (χ1v) is 7.64. The molecule has 2 aliphatic rings. The summed E-state index contributed by atoms with van der Waals surface area (Å²) >= 11 is 0. The molecule has 1 fully saturated rings. The van der Waals surface area contributed by atoms with E-state index in [4.69, 9.17) is 9.47 Å². The molecule has 2 aliphatic heterocycles. The third-order valence-corrected chi connectivity index (χ3v) is 4.61. The van der Waals surface area contributed by atoms with Crippen LogP contribution in [0.1, 0.15) is 30.7 Å². The number of hydrogen-bond acceptors (Lipinski definition) is 3. The second-order valence-corrected chi connectivity index (χ2v) is 5.85. The summed E-state index contributed by atoms with van der Waals surface area (Å²) < 4.78 is 11.5. The first-order valence-electron chi connectivity index (χ1n) is 7.64. The van der Waals surface area contributed by atoms with Crippen LogP contribution in [0.15, 0.2) is 18.2 Å². The van der Waals surface area contributed by atoms with Crippen molar-refractivity contribution in [2.45, 2.75) is 25.2 Å². The van der Waals surface area contributed by atoms with Crippen molar-refractivity contribution >= 4 is 0 Å². The SMILES string of the molecule is [CH2]CCCN1CC[C@H]2c3c(OC)cccc3OC[C@@H]2C1. The van der Waals surface area contributed by atoms with Gasteiger partial charge in [-0.25, -0.2) is 0 Å². The summed E-state index contributed by atoms with van der Waals surface area (Å²) in [5.74, 6) is 3.20. The van der Waals surface area contributed by atoms with Crippen LogP contribution in [0.5, 0.6) is 11.5 Å². The van der Waals surface area contributed by atoms with Crippen molar-refractivity contribution in [1.82, 2.24) is 4.90 Å². The van der Waals surface area contributed by atoms with Crippen molar-refractivity contribution in [3.63, 3.8) is 0 Å². The van der Waals surface area contributed by atoms with Gasteiger partial charge in [-0.1, -0.05) is 19.4 Å². The fourth-order valence-electron chi connectivity index (χ4n) is 3.58. The molecule has 1 radical (unpaired) electrons. The van der Waals surface area contributed by atoms with Crippen LogP contribution >= 0.6 is 0 Å². The van der Waals surface area contributed by atoms with Crippen LogP contribution in [0.2, 0.25) is 0 Å². The Morgan fingerprint density at radius 3 is 3.15 bits per heavy atom. The van der Waals surface area contributed by atoms with E-state index in [9.17, 15) is 0 Å². The lowest BCUT2D eigenvalue weighted by Gasteiger charge is -2.42. The first kappa shape index (κ1) is 13.7. The number of nitrogens with zero attached hydrogens (tertiary/aromatic N) is 1. The van der Waals surface area contributed by atoms with E-state index in [-0.39, 0.29) is 0 Å². The fraction of sp³-hybridized carbons (Fsp3) is 0.588. The average Bonchev–Trinajstić information content (AvgIpc) is 2.51. The summed E-state index contributed by atoms with van der Waals surface area (Å²) in [5, 5.41) is 0. The zero-order valence-corrected chi connectivity index (χ0v) is 12.3. The molecule has 2 heterocycles. The summed E-state index contributed by atoms with van der Waals surface area (Å²) in [6.07, 6.45) is 3.43. The first-order chi connectivity index (χ1) is 9.83. The Hall–Kier alpha value is -1.22. The molecule has 1 aromatic rings. The average molecular weight is 274 g/mol. The molecule has 0 amide bonds. The van der Waals surface area contributed by atoms with Crippen molar-refractivity contribution in [3.8, 4) is 11.5 Å². The standard InChI is InChI=1S/C17H24NO2/c1-3-4-9-18-10-8-14-13(11-18)12-20-16-7-5-6-15(19-2)17(14)16/h5-7,13-14H,1,3-4,8-12H2,2H3/t13-,14+/m0/s1. The maximum atomic E-state index is 5.97. The highest BCUT2D eigenvalue weighted by Gasteiger charge is 2.37. The summed E-state index contributed by atoms with van der Waals surface area (Å²) in [5.41, 5.74) is 1.29. The molecule has 20 heavy (non-hydrogen) atoms. The number of rotatable bonds is 4. The Bertz CT molecular complexity index is 446. The Balaban J connectivity index is 1.78. The molecule has 3 heteroatoms. The second-order valence-electron chi connectivity index (χ2n) is 5.85. The third kappa shape index (κ3) is 2.51. The number of ether oxygens (including phenoxy) is 2. The lowest BCUT2D eigenvalue weighted by Crippen LogP contribution is -2.44. The van der Waals surface area contributed by atoms with E-state index in [0.717, 1.165) is 31.1 Å². The van der Waals surface area contributed by atoms with Crippen LogP contribution in [-0.2, 0) is 0 Å². The van der Waals surface area contributed by atoms with E-state index >= 15 is 0 Å². The summed E-state index contributed by atoms with van der Waals surface area (Å²) in [6.45, 7) is 8.27. The maximum absolute atomic E-state index is 5.97. The number of unbranched alkanes of at least 4 members (excludes halogenated alkanes) is 1. The Morgan fingerprint density at radius 1 is 1.45 bits per heavy atom. The number of methoxy groups -OCH3 is 1. The topological polar surface area (TPSA) is 21.7 Å². The predicted octanol–water partition coefficient (Wildman–Crippen LogP) is 3.11. The van der Waals surface area contributed by atoms with Gasteiger partial charge in [-0.15, -0.1) is 0 Å². The van der Waals surface area contributed by atoms with Gasteiger partial charge >= 0.3 is 0 Å². The van der Waals surface area contributed by atoms with Crippen LogP contribution in [-0.4, -0.2) is 38.3 Å². The van der Waals surface area contributed by atoms with Crippen molar-refractivity contribution < 1.29 is 9.47 Å². The van der Waals surface area contributed by atoms with Crippen LogP contribution in [0.3, 0.4) is 0 Å². The quantitative estimate of drug-likeness (QED) is 0.842. The lowest BCUT2D eigenvalue weighted by atomic mass is 9.78. The maximum Gasteiger partial charge on any atom is 0.126 e. The largest absolute Gasteiger partial charge is 0.496 e. The van der Waals surface area contributed by atoms with Gasteiger partial charge in [0.1, 0.15) is 11.5 Å². The number of hydrogen-bond donors (Lipinski definition) is 0. The van der Waals surface area contributed by atoms with Crippen LogP contribution in [0, 0.1) is 12.8 Å². The fourth-order valence-corrected chi connectivity index (χ4v) is 3.58. The molecular formula is C17H24NO2. The lowest BCUT2D eigenvalue weighted by molar-refractivity contribution is 0.0909. The molecule has 1 saturated heterocycles. The zero-order valence-electron chi connectivity index (χ0n) is 12.3. The molecular weight excluding hydrogens is 250 g/mol. The Kier molecular flexibility index (Phi) is 4.16. The van der Waals surface area contributed by atoms with Crippen LogP contribution < -0.4 is 9.47 Å². The van der Waals surface area contributed by atoms with Crippen LogP contribution in [0.25, 0.3) is 0 Å². The van der Waals surface area contributed by atoms with Gasteiger partial charge in [0.2, 0.25) is 0 Å². The Morgan fingerprint density at radius 2 is 2.35 bits per heavy atom. The molecule has 0 N–H and O–H groups in total. The van der Waals surface area contributed by atoms with Crippen molar-refractivity contribution in [2.24, 2.45) is 5.92 Å². The van der Waals surface area contributed by atoms with Gasteiger partial charge < -0.3 is 14.4 Å². The molecule has 0 aliphatic carbocycles. The summed E-state index contributed by atoms with van der Waals surface area (Å²) in [7, 11) is 1.75. The van der Waals surface area contributed by atoms with Crippen molar-refractivity contribution in [2.75, 3.05) is 33.4 Å². The van der Waals surface area contributed by atoms with Gasteiger partial charge in [0.25, 0.3) is 0 Å². The van der Waals surface area contributed by atoms with Gasteiger partial charge in [-0.2, -0.15) is 0 Å². The van der Waals surface area contributed by atoms with E-state index in [1.807, 2.05) is 6.07 Å². The van der Waals surface area contributed by atoms with E-state index in [2.05, 4.69) is 24.0 Å². The van der Waals surface area contributed by atoms with E-state index in [1.54, 1.807) is 7.11 Å². The van der Waals surface area contributed by atoms with Crippen molar-refractivity contribution in [3.05, 3.63) is 30.7 Å². The smallest absolute Gasteiger partial charge is 0.126 e. The van der Waals surface area contributed by atoms with E-state index < -0.39 is 0 Å². The molecule has 0 bridgehead atoms. The minimum Gasteiger partial charge on any atom is -0.496 e. The van der Waals surface area contributed by atoms with Gasteiger partial charge in [0, 0.05) is 18.0 Å².